The van der Waals surface area contributed by atoms with E-state index in [0.717, 1.165) is 13.0 Å². The molecule has 0 aliphatic heterocycles. The van der Waals surface area contributed by atoms with E-state index in [9.17, 15) is 13.2 Å². The van der Waals surface area contributed by atoms with Crippen molar-refractivity contribution in [3.63, 3.8) is 0 Å². The second kappa shape index (κ2) is 7.53. The Labute approximate surface area is 113 Å². The van der Waals surface area contributed by atoms with Gasteiger partial charge in [-0.2, -0.15) is 13.2 Å². The van der Waals surface area contributed by atoms with Crippen LogP contribution in [0.25, 0.3) is 0 Å². The summed E-state index contributed by atoms with van der Waals surface area (Å²) in [5.41, 5.74) is 2.49. The van der Waals surface area contributed by atoms with Gasteiger partial charge in [-0.1, -0.05) is 29.8 Å². The Bertz CT molecular complexity index is 374. The lowest BCUT2D eigenvalue weighted by Gasteiger charge is -2.14. The van der Waals surface area contributed by atoms with E-state index < -0.39 is 12.6 Å². The molecule has 0 bridgehead atoms. The van der Waals surface area contributed by atoms with Crippen molar-refractivity contribution in [1.29, 1.82) is 0 Å². The van der Waals surface area contributed by atoms with Crippen LogP contribution in [-0.2, 0) is 6.42 Å². The Morgan fingerprint density at radius 2 is 2.00 bits per heavy atom. The summed E-state index contributed by atoms with van der Waals surface area (Å²) in [6.07, 6.45) is -3.04. The van der Waals surface area contributed by atoms with Gasteiger partial charge in [0.1, 0.15) is 0 Å². The molecule has 0 heterocycles. The quantitative estimate of drug-likeness (QED) is 0.783. The average Bonchev–Trinajstić information content (AvgIpc) is 2.27. The van der Waals surface area contributed by atoms with Crippen molar-refractivity contribution in [2.45, 2.75) is 51.7 Å². The van der Waals surface area contributed by atoms with Crippen molar-refractivity contribution < 1.29 is 13.2 Å². The third-order valence-electron chi connectivity index (χ3n) is 3.09. The van der Waals surface area contributed by atoms with Crippen LogP contribution >= 0.6 is 0 Å². The van der Waals surface area contributed by atoms with E-state index in [0.29, 0.717) is 6.42 Å². The molecule has 4 heteroatoms. The Morgan fingerprint density at radius 3 is 2.63 bits per heavy atom. The van der Waals surface area contributed by atoms with Crippen LogP contribution < -0.4 is 5.32 Å². The zero-order valence-electron chi connectivity index (χ0n) is 11.6. The molecule has 19 heavy (non-hydrogen) atoms. The van der Waals surface area contributed by atoms with Gasteiger partial charge in [0, 0.05) is 12.5 Å². The number of aryl methyl sites for hydroxylation is 1. The lowest BCUT2D eigenvalue weighted by molar-refractivity contribution is -0.135. The Balaban J connectivity index is 2.15. The van der Waals surface area contributed by atoms with Crippen molar-refractivity contribution in [3.8, 4) is 0 Å². The minimum absolute atomic E-state index is 0.132. The Kier molecular flexibility index (Phi) is 6.35. The molecule has 0 saturated heterocycles. The Hall–Kier alpha value is -1.03. The van der Waals surface area contributed by atoms with E-state index in [1.165, 1.54) is 11.1 Å². The van der Waals surface area contributed by atoms with Crippen LogP contribution in [0, 0.1) is 6.92 Å². The second-order valence-corrected chi connectivity index (χ2v) is 5.10. The molecular weight excluding hydrogens is 251 g/mol. The number of hydrogen-bond acceptors (Lipinski definition) is 1. The molecule has 1 nitrogen and oxygen atoms in total. The lowest BCUT2D eigenvalue weighted by Crippen LogP contribution is -2.28. The standard InChI is InChI=1S/C15H22F3N/c1-12-5-3-7-14(11-12)8-10-19-13(2)6-4-9-15(16,17)18/h3,5,7,11,13,19H,4,6,8-10H2,1-2H3. The van der Waals surface area contributed by atoms with Crippen LogP contribution in [0.5, 0.6) is 0 Å². The average molecular weight is 273 g/mol. The van der Waals surface area contributed by atoms with Crippen molar-refractivity contribution >= 4 is 0 Å². The van der Waals surface area contributed by atoms with Gasteiger partial charge in [-0.15, -0.1) is 0 Å². The maximum absolute atomic E-state index is 12.0. The maximum Gasteiger partial charge on any atom is 0.389 e. The van der Waals surface area contributed by atoms with Crippen molar-refractivity contribution in [2.75, 3.05) is 6.54 Å². The van der Waals surface area contributed by atoms with Gasteiger partial charge >= 0.3 is 6.18 Å². The predicted molar refractivity (Wildman–Crippen MR) is 72.3 cm³/mol. The van der Waals surface area contributed by atoms with Gasteiger partial charge in [0.15, 0.2) is 0 Å². The van der Waals surface area contributed by atoms with Crippen molar-refractivity contribution in [1.82, 2.24) is 5.32 Å². The van der Waals surface area contributed by atoms with Crippen LogP contribution in [0.3, 0.4) is 0 Å². The van der Waals surface area contributed by atoms with Gasteiger partial charge in [0.05, 0.1) is 0 Å². The largest absolute Gasteiger partial charge is 0.389 e. The molecule has 1 N–H and O–H groups in total. The molecule has 0 aliphatic carbocycles. The summed E-state index contributed by atoms with van der Waals surface area (Å²) >= 11 is 0. The molecule has 0 aromatic heterocycles. The topological polar surface area (TPSA) is 12.0 Å². The van der Waals surface area contributed by atoms with Gasteiger partial charge in [-0.3, -0.25) is 0 Å². The Morgan fingerprint density at radius 1 is 1.26 bits per heavy atom. The highest BCUT2D eigenvalue weighted by atomic mass is 19.4. The third kappa shape index (κ3) is 7.88. The lowest BCUT2D eigenvalue weighted by atomic mass is 10.1. The number of halogens is 3. The number of benzene rings is 1. The van der Waals surface area contributed by atoms with Gasteiger partial charge in [-0.05, 0) is 45.2 Å². The molecule has 1 atom stereocenters. The van der Waals surface area contributed by atoms with Gasteiger partial charge in [0.25, 0.3) is 0 Å². The summed E-state index contributed by atoms with van der Waals surface area (Å²) in [5.74, 6) is 0. The van der Waals surface area contributed by atoms with E-state index >= 15 is 0 Å². The molecule has 0 saturated carbocycles. The molecule has 0 amide bonds. The second-order valence-electron chi connectivity index (χ2n) is 5.10. The maximum atomic E-state index is 12.0. The minimum atomic E-state index is -4.03. The molecule has 1 rings (SSSR count). The summed E-state index contributed by atoms with van der Waals surface area (Å²) in [6.45, 7) is 4.79. The van der Waals surface area contributed by atoms with E-state index in [2.05, 4.69) is 30.4 Å². The number of hydrogen-bond donors (Lipinski definition) is 1. The molecule has 0 fully saturated rings. The molecular formula is C15H22F3N. The molecule has 1 aromatic carbocycles. The first-order chi connectivity index (χ1) is 8.87. The van der Waals surface area contributed by atoms with E-state index in [4.69, 9.17) is 0 Å². The van der Waals surface area contributed by atoms with Crippen molar-refractivity contribution in [3.05, 3.63) is 35.4 Å². The molecule has 1 aromatic rings. The first-order valence-corrected chi connectivity index (χ1v) is 6.72. The summed E-state index contributed by atoms with van der Waals surface area (Å²) in [4.78, 5) is 0. The van der Waals surface area contributed by atoms with E-state index in [1.807, 2.05) is 13.0 Å². The van der Waals surface area contributed by atoms with Crippen LogP contribution in [0.15, 0.2) is 24.3 Å². The molecule has 0 aliphatic rings. The minimum Gasteiger partial charge on any atom is -0.314 e. The highest BCUT2D eigenvalue weighted by Gasteiger charge is 2.26. The molecule has 0 spiro atoms. The highest BCUT2D eigenvalue weighted by molar-refractivity contribution is 5.22. The number of nitrogens with one attached hydrogen (secondary N) is 1. The monoisotopic (exact) mass is 273 g/mol. The summed E-state index contributed by atoms with van der Waals surface area (Å²) in [5, 5.41) is 3.27. The van der Waals surface area contributed by atoms with E-state index in [-0.39, 0.29) is 12.5 Å². The summed E-state index contributed by atoms with van der Waals surface area (Å²) in [7, 11) is 0. The fraction of sp³-hybridized carbons (Fsp3) is 0.600. The van der Waals surface area contributed by atoms with Gasteiger partial charge < -0.3 is 5.32 Å². The number of alkyl halides is 3. The van der Waals surface area contributed by atoms with E-state index in [1.54, 1.807) is 0 Å². The fourth-order valence-corrected chi connectivity index (χ4v) is 2.04. The highest BCUT2D eigenvalue weighted by Crippen LogP contribution is 2.22. The predicted octanol–water partition coefficient (Wildman–Crippen LogP) is 4.25. The number of rotatable bonds is 7. The summed E-state index contributed by atoms with van der Waals surface area (Å²) < 4.78 is 36.0. The normalized spacial score (nSPS) is 13.5. The smallest absolute Gasteiger partial charge is 0.314 e. The zero-order chi connectivity index (χ0) is 14.3. The van der Waals surface area contributed by atoms with Gasteiger partial charge in [-0.25, -0.2) is 0 Å². The molecule has 1 unspecified atom stereocenters. The third-order valence-corrected chi connectivity index (χ3v) is 3.09. The first kappa shape index (κ1) is 16.0. The molecule has 0 radical (unpaired) electrons. The van der Waals surface area contributed by atoms with Crippen LogP contribution in [0.1, 0.15) is 37.3 Å². The van der Waals surface area contributed by atoms with Crippen LogP contribution in [-0.4, -0.2) is 18.8 Å². The van der Waals surface area contributed by atoms with Gasteiger partial charge in [0.2, 0.25) is 0 Å². The molecule has 108 valence electrons. The van der Waals surface area contributed by atoms with Crippen LogP contribution in [0.2, 0.25) is 0 Å². The van der Waals surface area contributed by atoms with Crippen molar-refractivity contribution in [2.24, 2.45) is 0 Å². The SMILES string of the molecule is Cc1cccc(CCNC(C)CCCC(F)(F)F)c1. The fourth-order valence-electron chi connectivity index (χ4n) is 2.04. The zero-order valence-corrected chi connectivity index (χ0v) is 11.6. The summed E-state index contributed by atoms with van der Waals surface area (Å²) in [6, 6.07) is 8.42. The van der Waals surface area contributed by atoms with Crippen LogP contribution in [0.4, 0.5) is 13.2 Å². The first-order valence-electron chi connectivity index (χ1n) is 6.72.